The molecule has 1 aromatic heterocycles. The van der Waals surface area contributed by atoms with Crippen LogP contribution in [0.3, 0.4) is 0 Å². The summed E-state index contributed by atoms with van der Waals surface area (Å²) in [7, 11) is 0. The minimum atomic E-state index is 0.451. The molecule has 0 aliphatic carbocycles. The number of hydrogen-bond donors (Lipinski definition) is 0. The van der Waals surface area contributed by atoms with Crippen molar-refractivity contribution in [3.63, 3.8) is 0 Å². The molecule has 0 unspecified atom stereocenters. The monoisotopic (exact) mass is 183 g/mol. The number of aryl methyl sites for hydroxylation is 1. The molecule has 0 fully saturated rings. The Balaban J connectivity index is 2.88. The summed E-state index contributed by atoms with van der Waals surface area (Å²) in [6, 6.07) is 1.70. The predicted octanol–water partition coefficient (Wildman–Crippen LogP) is 2.61. The molecule has 0 saturated carbocycles. The number of pyridine rings is 1. The summed E-state index contributed by atoms with van der Waals surface area (Å²) in [6.07, 6.45) is 3.32. The van der Waals surface area contributed by atoms with Gasteiger partial charge in [-0.2, -0.15) is 0 Å². The molecule has 0 aromatic carbocycles. The highest BCUT2D eigenvalue weighted by molar-refractivity contribution is 6.32. The second kappa shape index (κ2) is 4.12. The topological polar surface area (TPSA) is 22.1 Å². The van der Waals surface area contributed by atoms with Gasteiger partial charge in [0.1, 0.15) is 6.61 Å². The van der Waals surface area contributed by atoms with Gasteiger partial charge in [0.05, 0.1) is 10.7 Å². The Hall–Kier alpha value is -1.02. The van der Waals surface area contributed by atoms with Crippen molar-refractivity contribution >= 4 is 11.6 Å². The summed E-state index contributed by atoms with van der Waals surface area (Å²) in [5.74, 6) is 0.638. The van der Waals surface area contributed by atoms with E-state index in [9.17, 15) is 0 Å². The second-order valence-electron chi connectivity index (χ2n) is 2.31. The van der Waals surface area contributed by atoms with Crippen molar-refractivity contribution in [2.45, 2.75) is 6.92 Å². The fourth-order valence-corrected chi connectivity index (χ4v) is 1.08. The van der Waals surface area contributed by atoms with Crippen molar-refractivity contribution in [1.29, 1.82) is 0 Å². The maximum atomic E-state index is 5.87. The minimum absolute atomic E-state index is 0.451. The SMILES string of the molecule is C=CCOc1c(Cl)ccnc1C. The van der Waals surface area contributed by atoms with Crippen LogP contribution in [0.4, 0.5) is 0 Å². The lowest BCUT2D eigenvalue weighted by atomic mass is 10.3. The van der Waals surface area contributed by atoms with Crippen molar-refractivity contribution in [3.05, 3.63) is 35.6 Å². The Bertz CT molecular complexity index is 266. The third kappa shape index (κ3) is 1.98. The third-order valence-corrected chi connectivity index (χ3v) is 1.68. The molecule has 0 N–H and O–H groups in total. The third-order valence-electron chi connectivity index (χ3n) is 1.38. The number of hydrogen-bond acceptors (Lipinski definition) is 2. The average Bonchev–Trinajstić information content (AvgIpc) is 2.04. The van der Waals surface area contributed by atoms with Crippen LogP contribution in [0, 0.1) is 6.92 Å². The Morgan fingerprint density at radius 1 is 1.75 bits per heavy atom. The van der Waals surface area contributed by atoms with E-state index in [1.54, 1.807) is 18.3 Å². The first-order valence-electron chi connectivity index (χ1n) is 3.60. The minimum Gasteiger partial charge on any atom is -0.486 e. The highest BCUT2D eigenvalue weighted by atomic mass is 35.5. The van der Waals surface area contributed by atoms with E-state index in [2.05, 4.69) is 11.6 Å². The molecule has 1 heterocycles. The molecule has 0 amide bonds. The maximum absolute atomic E-state index is 5.87. The van der Waals surface area contributed by atoms with Crippen LogP contribution in [-0.4, -0.2) is 11.6 Å². The van der Waals surface area contributed by atoms with Crippen LogP contribution in [0.5, 0.6) is 5.75 Å². The van der Waals surface area contributed by atoms with Gasteiger partial charge in [-0.15, -0.1) is 0 Å². The fraction of sp³-hybridized carbons (Fsp3) is 0.222. The summed E-state index contributed by atoms with van der Waals surface area (Å²) in [5.41, 5.74) is 0.796. The van der Waals surface area contributed by atoms with E-state index in [4.69, 9.17) is 16.3 Å². The van der Waals surface area contributed by atoms with Crippen LogP contribution < -0.4 is 4.74 Å². The molecule has 3 heteroatoms. The number of nitrogens with zero attached hydrogens (tertiary/aromatic N) is 1. The van der Waals surface area contributed by atoms with Gasteiger partial charge in [0.25, 0.3) is 0 Å². The first-order valence-corrected chi connectivity index (χ1v) is 3.98. The molecule has 0 radical (unpaired) electrons. The van der Waals surface area contributed by atoms with Crippen molar-refractivity contribution in [1.82, 2.24) is 4.98 Å². The molecule has 1 rings (SSSR count). The van der Waals surface area contributed by atoms with Crippen LogP contribution in [0.25, 0.3) is 0 Å². The maximum Gasteiger partial charge on any atom is 0.159 e. The first kappa shape index (κ1) is 9.07. The zero-order chi connectivity index (χ0) is 8.97. The van der Waals surface area contributed by atoms with Gasteiger partial charge in [0, 0.05) is 6.20 Å². The molecule has 64 valence electrons. The number of aromatic nitrogens is 1. The van der Waals surface area contributed by atoms with Gasteiger partial charge in [-0.3, -0.25) is 4.98 Å². The van der Waals surface area contributed by atoms with Gasteiger partial charge < -0.3 is 4.74 Å². The summed E-state index contributed by atoms with van der Waals surface area (Å²) >= 11 is 5.87. The summed E-state index contributed by atoms with van der Waals surface area (Å²) in [5, 5.41) is 0.587. The molecule has 0 saturated heterocycles. The highest BCUT2D eigenvalue weighted by Gasteiger charge is 2.03. The summed E-state index contributed by atoms with van der Waals surface area (Å²) in [4.78, 5) is 4.05. The predicted molar refractivity (Wildman–Crippen MR) is 49.7 cm³/mol. The lowest BCUT2D eigenvalue weighted by molar-refractivity contribution is 0.359. The Morgan fingerprint density at radius 2 is 2.50 bits per heavy atom. The molecule has 2 nitrogen and oxygen atoms in total. The normalized spacial score (nSPS) is 9.50. The first-order chi connectivity index (χ1) is 5.75. The van der Waals surface area contributed by atoms with E-state index in [1.807, 2.05) is 6.92 Å². The molecule has 0 aliphatic rings. The van der Waals surface area contributed by atoms with Crippen LogP contribution in [0.1, 0.15) is 5.69 Å². The second-order valence-corrected chi connectivity index (χ2v) is 2.71. The zero-order valence-corrected chi connectivity index (χ0v) is 7.64. The van der Waals surface area contributed by atoms with E-state index in [1.165, 1.54) is 0 Å². The van der Waals surface area contributed by atoms with E-state index in [-0.39, 0.29) is 0 Å². The number of rotatable bonds is 3. The lowest BCUT2D eigenvalue weighted by Gasteiger charge is -2.06. The van der Waals surface area contributed by atoms with Gasteiger partial charge in [-0.25, -0.2) is 0 Å². The van der Waals surface area contributed by atoms with Crippen molar-refractivity contribution in [3.8, 4) is 5.75 Å². The molecule has 0 atom stereocenters. The molecular weight excluding hydrogens is 174 g/mol. The van der Waals surface area contributed by atoms with E-state index in [0.29, 0.717) is 17.4 Å². The zero-order valence-electron chi connectivity index (χ0n) is 6.88. The van der Waals surface area contributed by atoms with Gasteiger partial charge in [0.15, 0.2) is 5.75 Å². The molecule has 0 aliphatic heterocycles. The van der Waals surface area contributed by atoms with Gasteiger partial charge in [-0.05, 0) is 13.0 Å². The Kier molecular flexibility index (Phi) is 3.11. The molecule has 0 bridgehead atoms. The highest BCUT2D eigenvalue weighted by Crippen LogP contribution is 2.25. The van der Waals surface area contributed by atoms with Crippen molar-refractivity contribution in [2.24, 2.45) is 0 Å². The Morgan fingerprint density at radius 3 is 3.08 bits per heavy atom. The van der Waals surface area contributed by atoms with Crippen molar-refractivity contribution in [2.75, 3.05) is 6.61 Å². The van der Waals surface area contributed by atoms with Gasteiger partial charge >= 0.3 is 0 Å². The van der Waals surface area contributed by atoms with Gasteiger partial charge in [-0.1, -0.05) is 24.3 Å². The van der Waals surface area contributed by atoms with Crippen LogP contribution in [-0.2, 0) is 0 Å². The van der Waals surface area contributed by atoms with Crippen LogP contribution in [0.15, 0.2) is 24.9 Å². The average molecular weight is 184 g/mol. The summed E-state index contributed by atoms with van der Waals surface area (Å²) in [6.45, 7) is 5.85. The van der Waals surface area contributed by atoms with Crippen LogP contribution in [0.2, 0.25) is 5.02 Å². The van der Waals surface area contributed by atoms with Crippen molar-refractivity contribution < 1.29 is 4.74 Å². The molecule has 1 aromatic rings. The smallest absolute Gasteiger partial charge is 0.159 e. The standard InChI is InChI=1S/C9H10ClNO/c1-3-6-12-9-7(2)11-5-4-8(9)10/h3-5H,1,6H2,2H3. The van der Waals surface area contributed by atoms with E-state index < -0.39 is 0 Å². The van der Waals surface area contributed by atoms with Crippen LogP contribution >= 0.6 is 11.6 Å². The molecular formula is C9H10ClNO. The quantitative estimate of drug-likeness (QED) is 0.673. The van der Waals surface area contributed by atoms with Gasteiger partial charge in [0.2, 0.25) is 0 Å². The number of ether oxygens (including phenoxy) is 1. The Labute approximate surface area is 76.8 Å². The lowest BCUT2D eigenvalue weighted by Crippen LogP contribution is -1.97. The summed E-state index contributed by atoms with van der Waals surface area (Å²) < 4.78 is 5.30. The fourth-order valence-electron chi connectivity index (χ4n) is 0.837. The molecule has 12 heavy (non-hydrogen) atoms. The number of halogens is 1. The largest absolute Gasteiger partial charge is 0.486 e. The van der Waals surface area contributed by atoms with E-state index >= 15 is 0 Å². The van der Waals surface area contributed by atoms with E-state index in [0.717, 1.165) is 5.69 Å². The molecule has 0 spiro atoms.